The Labute approximate surface area is 38.1 Å². The van der Waals surface area contributed by atoms with Crippen molar-refractivity contribution in [2.45, 2.75) is 6.30 Å². The van der Waals surface area contributed by atoms with Crippen LogP contribution >= 0.6 is 12.8 Å². The standard InChI is InChI=1S/CH2F3NS/c2-1(3,4)5-6/h5-6H. The van der Waals surface area contributed by atoms with Crippen LogP contribution in [0.5, 0.6) is 0 Å². The van der Waals surface area contributed by atoms with E-state index in [1.807, 2.05) is 0 Å². The molecule has 6 heavy (non-hydrogen) atoms. The summed E-state index contributed by atoms with van der Waals surface area (Å²) in [5.74, 6) is 0. The molecular weight excluding hydrogens is 115 g/mol. The molecule has 0 amide bonds. The van der Waals surface area contributed by atoms with Crippen molar-refractivity contribution in [1.29, 1.82) is 0 Å². The molecule has 0 radical (unpaired) electrons. The Bertz CT molecular complexity index is 40.5. The van der Waals surface area contributed by atoms with Crippen LogP contribution in [0.2, 0.25) is 0 Å². The van der Waals surface area contributed by atoms with Gasteiger partial charge in [0.15, 0.2) is 0 Å². The van der Waals surface area contributed by atoms with Gasteiger partial charge < -0.3 is 0 Å². The van der Waals surface area contributed by atoms with Gasteiger partial charge in [0.05, 0.1) is 0 Å². The first-order chi connectivity index (χ1) is 2.56. The zero-order chi connectivity index (χ0) is 5.21. The number of rotatable bonds is 0. The fourth-order valence-corrected chi connectivity index (χ4v) is 0. The molecule has 1 N–H and O–H groups in total. The summed E-state index contributed by atoms with van der Waals surface area (Å²) < 4.78 is 32.6. The Morgan fingerprint density at radius 2 is 1.50 bits per heavy atom. The SMILES string of the molecule is FC(F)(F)NS. The molecule has 0 spiro atoms. The topological polar surface area (TPSA) is 12.0 Å². The Morgan fingerprint density at radius 1 is 1.33 bits per heavy atom. The third-order valence-corrected chi connectivity index (χ3v) is 0.380. The van der Waals surface area contributed by atoms with Crippen molar-refractivity contribution in [1.82, 2.24) is 4.72 Å². The smallest absolute Gasteiger partial charge is 0.175 e. The minimum Gasteiger partial charge on any atom is -0.175 e. The van der Waals surface area contributed by atoms with Crippen molar-refractivity contribution in [3.8, 4) is 0 Å². The number of hydrogen-bond donors (Lipinski definition) is 2. The largest absolute Gasteiger partial charge is 0.466 e. The van der Waals surface area contributed by atoms with Crippen molar-refractivity contribution in [2.75, 3.05) is 0 Å². The van der Waals surface area contributed by atoms with E-state index >= 15 is 0 Å². The Morgan fingerprint density at radius 3 is 1.50 bits per heavy atom. The molecule has 0 unspecified atom stereocenters. The summed E-state index contributed by atoms with van der Waals surface area (Å²) in [6.07, 6.45) is -4.34. The average Bonchev–Trinajstić information content (AvgIpc) is 1.35. The normalized spacial score (nSPS) is 12.0. The van der Waals surface area contributed by atoms with Gasteiger partial charge in [0.25, 0.3) is 0 Å². The maximum atomic E-state index is 10.6. The predicted molar refractivity (Wildman–Crippen MR) is 18.2 cm³/mol. The van der Waals surface area contributed by atoms with Crippen LogP contribution in [0.1, 0.15) is 0 Å². The van der Waals surface area contributed by atoms with E-state index in [0.29, 0.717) is 0 Å². The van der Waals surface area contributed by atoms with Gasteiger partial charge in [-0.15, -0.1) is 0 Å². The number of nitrogens with one attached hydrogen (secondary N) is 1. The summed E-state index contributed by atoms with van der Waals surface area (Å²) in [4.78, 5) is 0. The third-order valence-electron chi connectivity index (χ3n) is 0.127. The van der Waals surface area contributed by atoms with Crippen LogP contribution in [0.25, 0.3) is 0 Å². The maximum absolute atomic E-state index is 10.6. The molecule has 0 atom stereocenters. The van der Waals surface area contributed by atoms with E-state index in [9.17, 15) is 13.2 Å². The van der Waals surface area contributed by atoms with Gasteiger partial charge in [-0.1, -0.05) is 12.8 Å². The number of halogens is 3. The molecule has 0 aliphatic carbocycles. The van der Waals surface area contributed by atoms with E-state index in [2.05, 4.69) is 12.8 Å². The second-order valence-corrected chi connectivity index (χ2v) is 0.833. The molecule has 0 saturated carbocycles. The summed E-state index contributed by atoms with van der Waals surface area (Å²) >= 11 is 2.73. The van der Waals surface area contributed by atoms with Crippen molar-refractivity contribution >= 4 is 12.8 Å². The molecule has 5 heteroatoms. The highest BCUT2D eigenvalue weighted by Gasteiger charge is 2.23. The molecule has 1 nitrogen and oxygen atoms in total. The fourth-order valence-electron chi connectivity index (χ4n) is 0. The summed E-state index contributed by atoms with van der Waals surface area (Å²) in [5.41, 5.74) is 0. The van der Waals surface area contributed by atoms with Crippen LogP contribution in [0.3, 0.4) is 0 Å². The molecule has 0 rings (SSSR count). The Hall–Kier alpha value is 0.100. The molecule has 0 heterocycles. The van der Waals surface area contributed by atoms with Crippen LogP contribution in [0.4, 0.5) is 13.2 Å². The molecule has 38 valence electrons. The molecule has 0 bridgehead atoms. The lowest BCUT2D eigenvalue weighted by Crippen LogP contribution is -2.21. The van der Waals surface area contributed by atoms with Crippen molar-refractivity contribution in [3.63, 3.8) is 0 Å². The first-order valence-electron chi connectivity index (χ1n) is 1.04. The lowest BCUT2D eigenvalue weighted by molar-refractivity contribution is -0.135. The fraction of sp³-hybridized carbons (Fsp3) is 1.00. The molecule has 0 aliphatic heterocycles. The second-order valence-electron chi connectivity index (χ2n) is 0.610. The quantitative estimate of drug-likeness (QED) is 0.355. The van der Waals surface area contributed by atoms with Crippen molar-refractivity contribution in [3.05, 3.63) is 0 Å². The third kappa shape index (κ3) is 4.10. The van der Waals surface area contributed by atoms with Gasteiger partial charge in [0, 0.05) is 0 Å². The van der Waals surface area contributed by atoms with Gasteiger partial charge >= 0.3 is 6.30 Å². The van der Waals surface area contributed by atoms with Gasteiger partial charge in [-0.3, -0.25) is 0 Å². The first-order valence-corrected chi connectivity index (χ1v) is 1.49. The summed E-state index contributed by atoms with van der Waals surface area (Å²) in [7, 11) is 0. The van der Waals surface area contributed by atoms with Crippen LogP contribution in [0, 0.1) is 0 Å². The maximum Gasteiger partial charge on any atom is 0.466 e. The Kier molecular flexibility index (Phi) is 1.73. The predicted octanol–water partition coefficient (Wildman–Crippen LogP) is 0.941. The molecule has 0 aromatic heterocycles. The highest BCUT2D eigenvalue weighted by molar-refractivity contribution is 7.78. The van der Waals surface area contributed by atoms with Crippen LogP contribution < -0.4 is 4.72 Å². The first kappa shape index (κ1) is 6.10. The van der Waals surface area contributed by atoms with Crippen LogP contribution in [-0.4, -0.2) is 6.30 Å². The lowest BCUT2D eigenvalue weighted by Gasteiger charge is -1.97. The zero-order valence-corrected chi connectivity index (χ0v) is 3.48. The van der Waals surface area contributed by atoms with Crippen LogP contribution in [-0.2, 0) is 0 Å². The van der Waals surface area contributed by atoms with E-state index in [4.69, 9.17) is 0 Å². The summed E-state index contributed by atoms with van der Waals surface area (Å²) in [6, 6.07) is 0. The minimum atomic E-state index is -4.34. The van der Waals surface area contributed by atoms with Crippen molar-refractivity contribution in [2.24, 2.45) is 0 Å². The summed E-state index contributed by atoms with van der Waals surface area (Å²) in [5, 5.41) is 0. The van der Waals surface area contributed by atoms with E-state index in [-0.39, 0.29) is 0 Å². The van der Waals surface area contributed by atoms with Gasteiger partial charge in [-0.05, 0) is 0 Å². The molecule has 0 saturated heterocycles. The van der Waals surface area contributed by atoms with Crippen molar-refractivity contribution < 1.29 is 13.2 Å². The van der Waals surface area contributed by atoms with Gasteiger partial charge in [0.1, 0.15) is 0 Å². The van der Waals surface area contributed by atoms with Crippen LogP contribution in [0.15, 0.2) is 0 Å². The summed E-state index contributed by atoms with van der Waals surface area (Å²) in [6.45, 7) is 0. The van der Waals surface area contributed by atoms with E-state index < -0.39 is 6.30 Å². The van der Waals surface area contributed by atoms with E-state index in [1.54, 1.807) is 0 Å². The van der Waals surface area contributed by atoms with Gasteiger partial charge in [-0.25, -0.2) is 0 Å². The minimum absolute atomic E-state index is 0.799. The molecule has 0 fully saturated rings. The average molecular weight is 117 g/mol. The number of alkyl halides is 3. The molecular formula is CH2F3NS. The highest BCUT2D eigenvalue weighted by atomic mass is 32.1. The van der Waals surface area contributed by atoms with E-state index in [0.717, 1.165) is 4.72 Å². The lowest BCUT2D eigenvalue weighted by atomic mass is 11.3. The monoisotopic (exact) mass is 117 g/mol. The number of hydrogen-bond acceptors (Lipinski definition) is 2. The molecule has 0 aliphatic rings. The second kappa shape index (κ2) is 1.70. The molecule has 0 aromatic rings. The molecule has 0 aromatic carbocycles. The Balaban J connectivity index is 3.17. The van der Waals surface area contributed by atoms with Gasteiger partial charge in [0.2, 0.25) is 0 Å². The number of thiol groups is 1. The van der Waals surface area contributed by atoms with Gasteiger partial charge in [-0.2, -0.15) is 17.9 Å². The zero-order valence-electron chi connectivity index (χ0n) is 2.58. The van der Waals surface area contributed by atoms with E-state index in [1.165, 1.54) is 0 Å². The highest BCUT2D eigenvalue weighted by Crippen LogP contribution is 2.08.